The molecule has 0 fully saturated rings. The molecule has 1 rings (SSSR count). The number of amides is 1. The lowest BCUT2D eigenvalue weighted by Gasteiger charge is -2.22. The third-order valence-corrected chi connectivity index (χ3v) is 2.74. The van der Waals surface area contributed by atoms with Gasteiger partial charge in [-0.25, -0.2) is 9.59 Å². The number of ether oxygens (including phenoxy) is 2. The molecule has 122 valence electrons. The van der Waals surface area contributed by atoms with Crippen molar-refractivity contribution in [2.24, 2.45) is 0 Å². The number of alkyl carbamates (subject to hydrolysis) is 1. The van der Waals surface area contributed by atoms with Crippen molar-refractivity contribution in [3.8, 4) is 0 Å². The number of esters is 1. The van der Waals surface area contributed by atoms with Crippen LogP contribution in [0.25, 0.3) is 0 Å². The highest BCUT2D eigenvalue weighted by Crippen LogP contribution is 2.16. The van der Waals surface area contributed by atoms with Crippen LogP contribution < -0.4 is 10.6 Å². The van der Waals surface area contributed by atoms with E-state index in [0.29, 0.717) is 10.7 Å². The van der Waals surface area contributed by atoms with Crippen LogP contribution in [0.1, 0.15) is 20.8 Å². The van der Waals surface area contributed by atoms with E-state index >= 15 is 0 Å². The third-order valence-electron chi connectivity index (χ3n) is 2.50. The van der Waals surface area contributed by atoms with Crippen LogP contribution in [0.15, 0.2) is 24.3 Å². The minimum Gasteiger partial charge on any atom is -0.467 e. The first-order chi connectivity index (χ1) is 10.2. The average Bonchev–Trinajstić information content (AvgIpc) is 2.40. The Balaban J connectivity index is 2.66. The minimum absolute atomic E-state index is 0.0219. The molecular formula is C15H21ClN2O4. The molecule has 0 radical (unpaired) electrons. The molecule has 0 unspecified atom stereocenters. The van der Waals surface area contributed by atoms with Gasteiger partial charge >= 0.3 is 12.1 Å². The fraction of sp³-hybridized carbons (Fsp3) is 0.467. The second-order valence-electron chi connectivity index (χ2n) is 5.61. The summed E-state index contributed by atoms with van der Waals surface area (Å²) in [4.78, 5) is 23.4. The number of carbonyl (C=O) groups excluding carboxylic acids is 2. The van der Waals surface area contributed by atoms with Gasteiger partial charge < -0.3 is 20.1 Å². The predicted molar refractivity (Wildman–Crippen MR) is 85.1 cm³/mol. The molecule has 1 atom stereocenters. The molecule has 2 N–H and O–H groups in total. The number of halogens is 1. The van der Waals surface area contributed by atoms with Crippen molar-refractivity contribution in [2.45, 2.75) is 32.4 Å². The number of rotatable bonds is 5. The first kappa shape index (κ1) is 18.1. The van der Waals surface area contributed by atoms with Gasteiger partial charge in [-0.2, -0.15) is 0 Å². The highest BCUT2D eigenvalue weighted by molar-refractivity contribution is 6.30. The Hall–Kier alpha value is -1.95. The highest BCUT2D eigenvalue weighted by atomic mass is 35.5. The van der Waals surface area contributed by atoms with E-state index in [1.807, 2.05) is 0 Å². The van der Waals surface area contributed by atoms with E-state index in [-0.39, 0.29) is 6.54 Å². The van der Waals surface area contributed by atoms with Crippen LogP contribution in [0.2, 0.25) is 5.02 Å². The number of hydrogen-bond acceptors (Lipinski definition) is 5. The molecule has 1 amide bonds. The number of methoxy groups -OCH3 is 1. The molecule has 0 aliphatic heterocycles. The van der Waals surface area contributed by atoms with Crippen molar-refractivity contribution >= 4 is 29.4 Å². The fourth-order valence-corrected chi connectivity index (χ4v) is 1.80. The van der Waals surface area contributed by atoms with E-state index < -0.39 is 23.7 Å². The topological polar surface area (TPSA) is 76.7 Å². The summed E-state index contributed by atoms with van der Waals surface area (Å²) in [6, 6.07) is 6.15. The quantitative estimate of drug-likeness (QED) is 0.813. The monoisotopic (exact) mass is 328 g/mol. The molecule has 0 aromatic heterocycles. The van der Waals surface area contributed by atoms with Gasteiger partial charge in [0.2, 0.25) is 0 Å². The maximum Gasteiger partial charge on any atom is 0.407 e. The molecule has 1 aromatic rings. The maximum atomic E-state index is 11.8. The SMILES string of the molecule is COC(=O)[C@H](CNC(=O)OC(C)(C)C)Nc1cccc(Cl)c1. The van der Waals surface area contributed by atoms with Crippen LogP contribution in [-0.4, -0.2) is 37.4 Å². The van der Waals surface area contributed by atoms with E-state index in [1.165, 1.54) is 7.11 Å². The molecule has 1 aromatic carbocycles. The lowest BCUT2D eigenvalue weighted by Crippen LogP contribution is -2.43. The predicted octanol–water partition coefficient (Wildman–Crippen LogP) is 2.82. The summed E-state index contributed by atoms with van der Waals surface area (Å²) < 4.78 is 9.84. The first-order valence-corrected chi connectivity index (χ1v) is 7.16. The number of benzene rings is 1. The molecule has 0 aliphatic rings. The zero-order valence-corrected chi connectivity index (χ0v) is 13.9. The van der Waals surface area contributed by atoms with Gasteiger partial charge in [0.25, 0.3) is 0 Å². The van der Waals surface area contributed by atoms with Gasteiger partial charge in [0.15, 0.2) is 0 Å². The molecule has 0 aliphatic carbocycles. The Morgan fingerprint density at radius 2 is 2.00 bits per heavy atom. The number of carbonyl (C=O) groups is 2. The fourth-order valence-electron chi connectivity index (χ4n) is 1.61. The highest BCUT2D eigenvalue weighted by Gasteiger charge is 2.22. The maximum absolute atomic E-state index is 11.8. The summed E-state index contributed by atoms with van der Waals surface area (Å²) in [7, 11) is 1.28. The van der Waals surface area contributed by atoms with Crippen molar-refractivity contribution in [2.75, 3.05) is 19.0 Å². The number of nitrogens with one attached hydrogen (secondary N) is 2. The Kier molecular flexibility index (Phi) is 6.49. The summed E-state index contributed by atoms with van der Waals surface area (Å²) in [5.74, 6) is -0.504. The average molecular weight is 329 g/mol. The van der Waals surface area contributed by atoms with E-state index in [2.05, 4.69) is 10.6 Å². The van der Waals surface area contributed by atoms with Gasteiger partial charge in [-0.1, -0.05) is 17.7 Å². The second-order valence-corrected chi connectivity index (χ2v) is 6.05. The molecular weight excluding hydrogens is 308 g/mol. The number of hydrogen-bond donors (Lipinski definition) is 2. The molecule has 0 saturated carbocycles. The van der Waals surface area contributed by atoms with Crippen molar-refractivity contribution in [3.63, 3.8) is 0 Å². The van der Waals surface area contributed by atoms with E-state index in [0.717, 1.165) is 0 Å². The molecule has 7 heteroatoms. The largest absolute Gasteiger partial charge is 0.467 e. The van der Waals surface area contributed by atoms with E-state index in [4.69, 9.17) is 21.1 Å². The van der Waals surface area contributed by atoms with Crippen LogP contribution in [0.4, 0.5) is 10.5 Å². The minimum atomic E-state index is -0.754. The number of anilines is 1. The zero-order chi connectivity index (χ0) is 16.8. The van der Waals surface area contributed by atoms with Gasteiger partial charge in [-0.05, 0) is 39.0 Å². The molecule has 0 bridgehead atoms. The smallest absolute Gasteiger partial charge is 0.407 e. The van der Waals surface area contributed by atoms with Crippen molar-refractivity contribution in [1.29, 1.82) is 0 Å². The van der Waals surface area contributed by atoms with Gasteiger partial charge in [-0.3, -0.25) is 0 Å². The van der Waals surface area contributed by atoms with Gasteiger partial charge in [0.1, 0.15) is 11.6 Å². The van der Waals surface area contributed by atoms with Crippen LogP contribution in [0.3, 0.4) is 0 Å². The Morgan fingerprint density at radius 3 is 2.55 bits per heavy atom. The first-order valence-electron chi connectivity index (χ1n) is 6.78. The van der Waals surface area contributed by atoms with Gasteiger partial charge in [0, 0.05) is 10.7 Å². The van der Waals surface area contributed by atoms with Crippen LogP contribution >= 0.6 is 11.6 Å². The lowest BCUT2D eigenvalue weighted by molar-refractivity contribution is -0.141. The standard InChI is InChI=1S/C15H21ClN2O4/c1-15(2,3)22-14(20)17-9-12(13(19)21-4)18-11-7-5-6-10(16)8-11/h5-8,12,18H,9H2,1-4H3,(H,17,20)/t12-/m0/s1. The van der Waals surface area contributed by atoms with Crippen molar-refractivity contribution in [3.05, 3.63) is 29.3 Å². The van der Waals surface area contributed by atoms with E-state index in [1.54, 1.807) is 45.0 Å². The van der Waals surface area contributed by atoms with Crippen LogP contribution in [0.5, 0.6) is 0 Å². The van der Waals surface area contributed by atoms with E-state index in [9.17, 15) is 9.59 Å². The second kappa shape index (κ2) is 7.89. The van der Waals surface area contributed by atoms with Crippen LogP contribution in [0, 0.1) is 0 Å². The summed E-state index contributed by atoms with van der Waals surface area (Å²) in [5, 5.41) is 6.03. The normalized spacial score (nSPS) is 12.2. The lowest BCUT2D eigenvalue weighted by atomic mass is 10.2. The molecule has 0 heterocycles. The molecule has 6 nitrogen and oxygen atoms in total. The molecule has 0 spiro atoms. The summed E-state index contributed by atoms with van der Waals surface area (Å²) in [5.41, 5.74) is 0.0412. The van der Waals surface area contributed by atoms with Crippen molar-refractivity contribution < 1.29 is 19.1 Å². The zero-order valence-electron chi connectivity index (χ0n) is 13.1. The Labute approximate surface area is 135 Å². The van der Waals surface area contributed by atoms with Crippen LogP contribution in [-0.2, 0) is 14.3 Å². The molecule has 22 heavy (non-hydrogen) atoms. The van der Waals surface area contributed by atoms with Gasteiger partial charge in [0.05, 0.1) is 13.7 Å². The summed E-state index contributed by atoms with van der Waals surface area (Å²) in [6.45, 7) is 5.30. The Morgan fingerprint density at radius 1 is 1.32 bits per heavy atom. The summed E-state index contributed by atoms with van der Waals surface area (Å²) in [6.07, 6.45) is -0.603. The van der Waals surface area contributed by atoms with Gasteiger partial charge in [-0.15, -0.1) is 0 Å². The molecule has 0 saturated heterocycles. The Bertz CT molecular complexity index is 529. The van der Waals surface area contributed by atoms with Crippen molar-refractivity contribution in [1.82, 2.24) is 5.32 Å². The summed E-state index contributed by atoms with van der Waals surface area (Å²) >= 11 is 5.90. The third kappa shape index (κ3) is 6.67.